The van der Waals surface area contributed by atoms with Crippen LogP contribution in [0.25, 0.3) is 0 Å². The quantitative estimate of drug-likeness (QED) is 0.0204. The molecule has 0 bridgehead atoms. The molecule has 0 saturated carbocycles. The summed E-state index contributed by atoms with van der Waals surface area (Å²) in [6.45, 7) is 2.64. The van der Waals surface area contributed by atoms with Gasteiger partial charge in [0.05, 0.1) is 32.0 Å². The van der Waals surface area contributed by atoms with Gasteiger partial charge in [-0.1, -0.05) is 239 Å². The van der Waals surface area contributed by atoms with E-state index in [0.29, 0.717) is 12.8 Å². The number of rotatable bonds is 52. The van der Waals surface area contributed by atoms with Gasteiger partial charge in [-0.3, -0.25) is 4.79 Å². The van der Waals surface area contributed by atoms with Crippen molar-refractivity contribution in [3.63, 3.8) is 0 Å². The SMILES string of the molecule is CC/C=C\C/C=C\C/C=C\C/C=C\C/C=C\C/C=C\CCCCCCCCCCCCCCCCCCC(=O)NC(COC1OC(CO)C(OC2OC(CO)C(O)C(O)C2O)C(O)C1O)C(O)/C=C/CC/C=C/CC/C=C/CCCCCCC. The normalized spacial score (nSPS) is 24.4. The van der Waals surface area contributed by atoms with Gasteiger partial charge in [-0.15, -0.1) is 0 Å². The van der Waals surface area contributed by atoms with Crippen LogP contribution in [0.4, 0.5) is 0 Å². The lowest BCUT2D eigenvalue weighted by atomic mass is 9.97. The van der Waals surface area contributed by atoms with Crippen LogP contribution in [0.1, 0.15) is 232 Å². The van der Waals surface area contributed by atoms with Crippen LogP contribution in [0.3, 0.4) is 0 Å². The van der Waals surface area contributed by atoms with Gasteiger partial charge < -0.3 is 65.1 Å². The predicted octanol–water partition coefficient (Wildman–Crippen LogP) is 12.8. The zero-order valence-electron chi connectivity index (χ0n) is 52.1. The Morgan fingerprint density at radius 3 is 1.31 bits per heavy atom. The molecule has 12 unspecified atom stereocenters. The number of carbonyl (C=O) groups excluding carboxylic acids is 1. The Hall–Kier alpha value is -3.35. The Morgan fingerprint density at radius 2 is 0.833 bits per heavy atom. The Labute approximate surface area is 508 Å². The molecule has 0 aromatic rings. The number of aliphatic hydroxyl groups is 8. The molecule has 0 aromatic carbocycles. The average molecular weight is 1180 g/mol. The summed E-state index contributed by atoms with van der Waals surface area (Å²) in [5.74, 6) is -0.257. The highest BCUT2D eigenvalue weighted by molar-refractivity contribution is 5.76. The van der Waals surface area contributed by atoms with Gasteiger partial charge in [0, 0.05) is 6.42 Å². The summed E-state index contributed by atoms with van der Waals surface area (Å²) in [5.41, 5.74) is 0. The van der Waals surface area contributed by atoms with Gasteiger partial charge in [-0.05, 0) is 96.3 Å². The van der Waals surface area contributed by atoms with Crippen molar-refractivity contribution >= 4 is 5.91 Å². The molecule has 2 rings (SSSR count). The maximum atomic E-state index is 13.3. The minimum atomic E-state index is -1.80. The lowest BCUT2D eigenvalue weighted by molar-refractivity contribution is -0.359. The molecule has 14 heteroatoms. The predicted molar refractivity (Wildman–Crippen MR) is 341 cm³/mol. The van der Waals surface area contributed by atoms with Gasteiger partial charge in [0.15, 0.2) is 12.6 Å². The molecular formula is C70H119NO13. The molecule has 12 atom stereocenters. The molecular weight excluding hydrogens is 1060 g/mol. The number of unbranched alkanes of at least 4 members (excludes halogenated alkanes) is 23. The highest BCUT2D eigenvalue weighted by atomic mass is 16.7. The van der Waals surface area contributed by atoms with E-state index in [9.17, 15) is 45.6 Å². The smallest absolute Gasteiger partial charge is 0.220 e. The molecule has 1 amide bonds. The molecule has 0 aliphatic carbocycles. The van der Waals surface area contributed by atoms with Gasteiger partial charge >= 0.3 is 0 Å². The fourth-order valence-corrected chi connectivity index (χ4v) is 10.2. The average Bonchev–Trinajstić information content (AvgIpc) is 3.23. The van der Waals surface area contributed by atoms with E-state index in [1.54, 1.807) is 6.08 Å². The molecule has 2 saturated heterocycles. The molecule has 2 heterocycles. The van der Waals surface area contributed by atoms with Crippen LogP contribution in [0.2, 0.25) is 0 Å². The zero-order valence-corrected chi connectivity index (χ0v) is 52.1. The second-order valence-electron chi connectivity index (χ2n) is 22.8. The molecule has 84 heavy (non-hydrogen) atoms. The number of allylic oxidation sites excluding steroid dienone is 17. The first-order valence-corrected chi connectivity index (χ1v) is 33.1. The first-order chi connectivity index (χ1) is 41.1. The van der Waals surface area contributed by atoms with E-state index in [-0.39, 0.29) is 18.9 Å². The van der Waals surface area contributed by atoms with E-state index in [1.165, 1.54) is 116 Å². The van der Waals surface area contributed by atoms with Crippen molar-refractivity contribution in [3.8, 4) is 0 Å². The van der Waals surface area contributed by atoms with Crippen LogP contribution in [0.15, 0.2) is 109 Å². The fourth-order valence-electron chi connectivity index (χ4n) is 10.2. The number of amides is 1. The second-order valence-corrected chi connectivity index (χ2v) is 22.8. The Bertz CT molecular complexity index is 1820. The number of hydrogen-bond donors (Lipinski definition) is 9. The van der Waals surface area contributed by atoms with Crippen molar-refractivity contribution in [1.29, 1.82) is 0 Å². The molecule has 2 fully saturated rings. The third-order valence-electron chi connectivity index (χ3n) is 15.4. The summed E-state index contributed by atoms with van der Waals surface area (Å²) in [6, 6.07) is -0.943. The zero-order chi connectivity index (χ0) is 60.9. The molecule has 0 aromatic heterocycles. The topological polar surface area (TPSA) is 228 Å². The second kappa shape index (κ2) is 53.9. The molecule has 482 valence electrons. The molecule has 0 radical (unpaired) electrons. The van der Waals surface area contributed by atoms with Crippen molar-refractivity contribution in [2.75, 3.05) is 19.8 Å². The number of ether oxygens (including phenoxy) is 4. The summed E-state index contributed by atoms with van der Waals surface area (Å²) < 4.78 is 22.8. The van der Waals surface area contributed by atoms with Crippen molar-refractivity contribution in [2.24, 2.45) is 0 Å². The van der Waals surface area contributed by atoms with Gasteiger partial charge in [0.1, 0.15) is 48.8 Å². The van der Waals surface area contributed by atoms with Crippen molar-refractivity contribution in [1.82, 2.24) is 5.32 Å². The minimum absolute atomic E-state index is 0.257. The van der Waals surface area contributed by atoms with Gasteiger partial charge in [-0.2, -0.15) is 0 Å². The van der Waals surface area contributed by atoms with E-state index in [4.69, 9.17) is 18.9 Å². The minimum Gasteiger partial charge on any atom is -0.394 e. The van der Waals surface area contributed by atoms with Gasteiger partial charge in [0.2, 0.25) is 5.91 Å². The first kappa shape index (κ1) is 76.7. The highest BCUT2D eigenvalue weighted by Crippen LogP contribution is 2.30. The van der Waals surface area contributed by atoms with E-state index >= 15 is 0 Å². The summed E-state index contributed by atoms with van der Waals surface area (Å²) in [6.07, 6.45) is 60.0. The van der Waals surface area contributed by atoms with Gasteiger partial charge in [0.25, 0.3) is 0 Å². The third-order valence-corrected chi connectivity index (χ3v) is 15.4. The number of nitrogens with one attached hydrogen (secondary N) is 1. The summed E-state index contributed by atoms with van der Waals surface area (Å²) in [7, 11) is 0. The van der Waals surface area contributed by atoms with Crippen molar-refractivity contribution in [2.45, 2.75) is 306 Å². The summed E-state index contributed by atoms with van der Waals surface area (Å²) in [5, 5.41) is 87.2. The lowest BCUT2D eigenvalue weighted by Crippen LogP contribution is -2.65. The Balaban J connectivity index is 1.65. The molecule has 2 aliphatic rings. The van der Waals surface area contributed by atoms with Crippen molar-refractivity contribution in [3.05, 3.63) is 109 Å². The van der Waals surface area contributed by atoms with Crippen LogP contribution in [-0.2, 0) is 23.7 Å². The number of aliphatic hydroxyl groups excluding tert-OH is 8. The highest BCUT2D eigenvalue weighted by Gasteiger charge is 2.51. The van der Waals surface area contributed by atoms with E-state index in [1.807, 2.05) is 6.08 Å². The van der Waals surface area contributed by atoms with E-state index in [0.717, 1.165) is 83.5 Å². The maximum Gasteiger partial charge on any atom is 0.220 e. The van der Waals surface area contributed by atoms with Crippen LogP contribution < -0.4 is 5.32 Å². The van der Waals surface area contributed by atoms with Crippen LogP contribution >= 0.6 is 0 Å². The molecule has 0 spiro atoms. The Kier molecular flexibility index (Phi) is 49.2. The largest absolute Gasteiger partial charge is 0.394 e. The molecule has 2 aliphatic heterocycles. The first-order valence-electron chi connectivity index (χ1n) is 33.1. The van der Waals surface area contributed by atoms with Crippen LogP contribution in [0.5, 0.6) is 0 Å². The lowest BCUT2D eigenvalue weighted by Gasteiger charge is -2.46. The fraction of sp³-hybridized carbons (Fsp3) is 0.729. The molecule has 9 N–H and O–H groups in total. The number of carbonyl (C=O) groups is 1. The monoisotopic (exact) mass is 1180 g/mol. The van der Waals surface area contributed by atoms with Crippen LogP contribution in [-0.4, -0.2) is 140 Å². The summed E-state index contributed by atoms with van der Waals surface area (Å²) >= 11 is 0. The maximum absolute atomic E-state index is 13.3. The molecule has 14 nitrogen and oxygen atoms in total. The van der Waals surface area contributed by atoms with Crippen LogP contribution in [0, 0.1) is 0 Å². The van der Waals surface area contributed by atoms with Crippen molar-refractivity contribution < 1.29 is 64.6 Å². The summed E-state index contributed by atoms with van der Waals surface area (Å²) in [4.78, 5) is 13.3. The number of hydrogen-bond acceptors (Lipinski definition) is 13. The van der Waals surface area contributed by atoms with E-state index < -0.39 is 86.8 Å². The van der Waals surface area contributed by atoms with E-state index in [2.05, 4.69) is 116 Å². The standard InChI is InChI=1S/C70H119NO13/c1-3-5-7-9-11-13-15-17-19-20-21-22-23-24-25-26-27-28-29-30-31-32-33-34-35-36-37-38-40-42-44-46-48-50-52-54-62(75)71-58(59(74)53-51-49-47-45-43-41-39-18-16-14-12-10-8-6-4-2)57-81-69-67(80)65(78)68(61(56-73)83-69)84-70-66(79)64(77)63(76)60(55-72)82-70/h5,7,11,13,16-19,21-22,24-25,27-28,43,45,51,53,58-61,63-70,72-74,76-80H,3-4,6,8-10,12,14-15,20,23,26,29-42,44,46-50,52,54-57H2,1-2H3,(H,71,75)/b7-5-,13-11-,18-16+,19-17-,22-21-,25-24-,28-27-,45-43+,53-51+. The van der Waals surface area contributed by atoms with Gasteiger partial charge in [-0.25, -0.2) is 0 Å². The third kappa shape index (κ3) is 38.0. The Morgan fingerprint density at radius 1 is 0.440 bits per heavy atom.